The average Bonchev–Trinajstić information content (AvgIpc) is 2.95. The summed E-state index contributed by atoms with van der Waals surface area (Å²) in [5.41, 5.74) is 2.84. The summed E-state index contributed by atoms with van der Waals surface area (Å²) in [4.78, 5) is 17.4. The highest BCUT2D eigenvalue weighted by Crippen LogP contribution is 2.35. The van der Waals surface area contributed by atoms with Crippen molar-refractivity contribution in [2.24, 2.45) is 0 Å². The zero-order valence-electron chi connectivity index (χ0n) is 13.5. The van der Waals surface area contributed by atoms with Crippen LogP contribution in [-0.2, 0) is 14.6 Å². The molecular formula is C16H15N2O6PS. The highest BCUT2D eigenvalue weighted by atomic mass is 32.2. The standard InChI is InChI=1S/C16H15N2O6PS/c1-11-15(16(17-24-11)13-5-3-2-4-6-13)12-7-9-14(10-8-12)26(22,23)18-25(19,20)21/h2-10H,1H3,(H3,18,19,20,21). The van der Waals surface area contributed by atoms with Gasteiger partial charge >= 0.3 is 7.75 Å². The van der Waals surface area contributed by atoms with Crippen LogP contribution in [0.15, 0.2) is 64.0 Å². The lowest BCUT2D eigenvalue weighted by Gasteiger charge is -2.09. The maximum atomic E-state index is 12.0. The van der Waals surface area contributed by atoms with Crippen LogP contribution < -0.4 is 4.49 Å². The molecule has 136 valence electrons. The van der Waals surface area contributed by atoms with Crippen LogP contribution in [0, 0.1) is 6.92 Å². The van der Waals surface area contributed by atoms with Crippen molar-refractivity contribution < 1.29 is 27.3 Å². The van der Waals surface area contributed by atoms with Crippen LogP contribution in [-0.4, -0.2) is 23.4 Å². The fraction of sp³-hybridized carbons (Fsp3) is 0.0625. The summed E-state index contributed by atoms with van der Waals surface area (Å²) in [6.45, 7) is 1.74. The number of hydrogen-bond acceptors (Lipinski definition) is 5. The van der Waals surface area contributed by atoms with E-state index in [4.69, 9.17) is 14.3 Å². The number of benzene rings is 2. The van der Waals surface area contributed by atoms with Gasteiger partial charge in [-0.05, 0) is 24.6 Å². The molecule has 0 unspecified atom stereocenters. The molecule has 0 fully saturated rings. The van der Waals surface area contributed by atoms with E-state index in [9.17, 15) is 13.0 Å². The molecule has 1 aromatic heterocycles. The summed E-state index contributed by atoms with van der Waals surface area (Å²) in [5.74, 6) is 0.563. The molecule has 0 atom stereocenters. The molecule has 3 aromatic rings. The number of sulfonamides is 1. The van der Waals surface area contributed by atoms with Gasteiger partial charge in [0.25, 0.3) is 0 Å². The van der Waals surface area contributed by atoms with E-state index in [0.29, 0.717) is 22.6 Å². The van der Waals surface area contributed by atoms with Crippen LogP contribution in [0.25, 0.3) is 22.4 Å². The topological polar surface area (TPSA) is 130 Å². The summed E-state index contributed by atoms with van der Waals surface area (Å²) in [6, 6.07) is 14.9. The van der Waals surface area contributed by atoms with Crippen molar-refractivity contribution in [3.63, 3.8) is 0 Å². The smallest absolute Gasteiger partial charge is 0.360 e. The Kier molecular flexibility index (Phi) is 4.83. The molecule has 0 saturated heterocycles. The Morgan fingerprint density at radius 2 is 1.62 bits per heavy atom. The second-order valence-corrected chi connectivity index (χ2v) is 8.79. The van der Waals surface area contributed by atoms with E-state index in [1.54, 1.807) is 6.92 Å². The van der Waals surface area contributed by atoms with E-state index >= 15 is 0 Å². The molecule has 0 aliphatic carbocycles. The highest BCUT2D eigenvalue weighted by Gasteiger charge is 2.25. The monoisotopic (exact) mass is 394 g/mol. The summed E-state index contributed by atoms with van der Waals surface area (Å²) in [5, 5.41) is 4.07. The minimum absolute atomic E-state index is 0.264. The van der Waals surface area contributed by atoms with Gasteiger partial charge in [-0.15, -0.1) is 4.49 Å². The van der Waals surface area contributed by atoms with Gasteiger partial charge in [-0.2, -0.15) is 0 Å². The van der Waals surface area contributed by atoms with E-state index in [2.05, 4.69) is 5.16 Å². The number of hydrogen-bond donors (Lipinski definition) is 3. The molecular weight excluding hydrogens is 379 g/mol. The first-order valence-corrected chi connectivity index (χ1v) is 10.5. The zero-order chi connectivity index (χ0) is 18.9. The molecule has 2 aromatic carbocycles. The zero-order valence-corrected chi connectivity index (χ0v) is 15.2. The second-order valence-electron chi connectivity index (χ2n) is 5.49. The first kappa shape index (κ1) is 18.5. The van der Waals surface area contributed by atoms with Crippen LogP contribution >= 0.6 is 7.75 Å². The van der Waals surface area contributed by atoms with Crippen molar-refractivity contribution in [1.82, 2.24) is 9.65 Å². The molecule has 0 amide bonds. The van der Waals surface area contributed by atoms with E-state index in [-0.39, 0.29) is 4.90 Å². The van der Waals surface area contributed by atoms with Gasteiger partial charge < -0.3 is 14.3 Å². The quantitative estimate of drug-likeness (QED) is 0.567. The third kappa shape index (κ3) is 3.92. The van der Waals surface area contributed by atoms with Crippen molar-refractivity contribution in [2.45, 2.75) is 11.8 Å². The first-order chi connectivity index (χ1) is 12.2. The van der Waals surface area contributed by atoms with Gasteiger partial charge in [-0.1, -0.05) is 47.6 Å². The van der Waals surface area contributed by atoms with Gasteiger partial charge in [-0.25, -0.2) is 13.0 Å². The molecule has 0 aliphatic heterocycles. The molecule has 10 heteroatoms. The van der Waals surface area contributed by atoms with Gasteiger partial charge in [0.15, 0.2) is 0 Å². The fourth-order valence-corrected chi connectivity index (χ4v) is 4.68. The fourth-order valence-electron chi connectivity index (χ4n) is 2.52. The largest absolute Gasteiger partial charge is 0.414 e. The van der Waals surface area contributed by atoms with Crippen LogP contribution in [0.2, 0.25) is 0 Å². The Bertz CT molecular complexity index is 1070. The van der Waals surface area contributed by atoms with Gasteiger partial charge in [-0.3, -0.25) is 0 Å². The molecule has 1 heterocycles. The van der Waals surface area contributed by atoms with Crippen LogP contribution in [0.3, 0.4) is 0 Å². The van der Waals surface area contributed by atoms with Crippen LogP contribution in [0.1, 0.15) is 5.76 Å². The Morgan fingerprint density at radius 1 is 1.00 bits per heavy atom. The van der Waals surface area contributed by atoms with E-state index in [0.717, 1.165) is 5.56 Å². The second kappa shape index (κ2) is 6.79. The Morgan fingerprint density at radius 3 is 2.19 bits per heavy atom. The Balaban J connectivity index is 2.01. The van der Waals surface area contributed by atoms with Gasteiger partial charge in [0, 0.05) is 5.56 Å². The van der Waals surface area contributed by atoms with Crippen LogP contribution in [0.5, 0.6) is 0 Å². The van der Waals surface area contributed by atoms with E-state index < -0.39 is 17.8 Å². The third-order valence-corrected chi connectivity index (χ3v) is 6.41. The normalized spacial score (nSPS) is 12.3. The lowest BCUT2D eigenvalue weighted by molar-refractivity contribution is 0.368. The van der Waals surface area contributed by atoms with E-state index in [1.165, 1.54) is 28.8 Å². The van der Waals surface area contributed by atoms with Crippen molar-refractivity contribution in [1.29, 1.82) is 0 Å². The SMILES string of the molecule is Cc1onc(-c2ccccc2)c1-c1ccc(S(=O)(=O)NP(=O)(O)O)cc1. The number of rotatable bonds is 5. The predicted molar refractivity (Wildman–Crippen MR) is 94.5 cm³/mol. The van der Waals surface area contributed by atoms with Gasteiger partial charge in [0.1, 0.15) is 11.5 Å². The van der Waals surface area contributed by atoms with Gasteiger partial charge in [0.05, 0.1) is 10.5 Å². The van der Waals surface area contributed by atoms with E-state index in [1.807, 2.05) is 30.3 Å². The highest BCUT2D eigenvalue weighted by molar-refractivity contribution is 7.94. The van der Waals surface area contributed by atoms with Crippen molar-refractivity contribution in [2.75, 3.05) is 0 Å². The number of aryl methyl sites for hydroxylation is 1. The molecule has 0 radical (unpaired) electrons. The molecule has 3 rings (SSSR count). The lowest BCUT2D eigenvalue weighted by Crippen LogP contribution is -2.20. The van der Waals surface area contributed by atoms with Crippen molar-refractivity contribution in [3.8, 4) is 22.4 Å². The first-order valence-electron chi connectivity index (χ1n) is 7.39. The van der Waals surface area contributed by atoms with Crippen molar-refractivity contribution >= 4 is 17.8 Å². The summed E-state index contributed by atoms with van der Waals surface area (Å²) >= 11 is 0. The minimum atomic E-state index is -4.93. The average molecular weight is 394 g/mol. The Hall–Kier alpha value is -2.29. The summed E-state index contributed by atoms with van der Waals surface area (Å²) in [6.07, 6.45) is 0. The Labute approximate surface area is 149 Å². The van der Waals surface area contributed by atoms with Gasteiger partial charge in [0.2, 0.25) is 10.0 Å². The molecule has 8 nitrogen and oxygen atoms in total. The maximum absolute atomic E-state index is 12.0. The minimum Gasteiger partial charge on any atom is -0.360 e. The molecule has 26 heavy (non-hydrogen) atoms. The third-order valence-electron chi connectivity index (χ3n) is 3.60. The summed E-state index contributed by atoms with van der Waals surface area (Å²) in [7, 11) is -9.26. The molecule has 0 saturated carbocycles. The molecule has 0 aliphatic rings. The predicted octanol–water partition coefficient (Wildman–Crippen LogP) is 2.69. The maximum Gasteiger partial charge on any atom is 0.414 e. The number of nitrogens with zero attached hydrogens (tertiary/aromatic N) is 1. The number of aromatic nitrogens is 1. The van der Waals surface area contributed by atoms with Crippen LogP contribution in [0.4, 0.5) is 0 Å². The summed E-state index contributed by atoms with van der Waals surface area (Å²) < 4.78 is 41.4. The molecule has 0 spiro atoms. The lowest BCUT2D eigenvalue weighted by atomic mass is 10.00. The number of nitrogens with one attached hydrogen (secondary N) is 1. The molecule has 3 N–H and O–H groups in total. The van der Waals surface area contributed by atoms with Crippen molar-refractivity contribution in [3.05, 3.63) is 60.4 Å². The molecule has 0 bridgehead atoms.